The summed E-state index contributed by atoms with van der Waals surface area (Å²) in [6.07, 6.45) is 11.6. The summed E-state index contributed by atoms with van der Waals surface area (Å²) in [6, 6.07) is 0. The minimum atomic E-state index is -0.394. The summed E-state index contributed by atoms with van der Waals surface area (Å²) in [6.45, 7) is 12.4. The van der Waals surface area contributed by atoms with E-state index in [0.29, 0.717) is 19.3 Å². The average Bonchev–Trinajstić information content (AvgIpc) is 3.39. The van der Waals surface area contributed by atoms with Gasteiger partial charge < -0.3 is 18.9 Å². The lowest BCUT2D eigenvalue weighted by Crippen LogP contribution is -2.32. The molecule has 0 aliphatic carbocycles. The molecule has 2 unspecified atom stereocenters. The summed E-state index contributed by atoms with van der Waals surface area (Å²) >= 11 is 0. The van der Waals surface area contributed by atoms with Gasteiger partial charge in [0.15, 0.2) is 5.79 Å². The van der Waals surface area contributed by atoms with Crippen molar-refractivity contribution in [3.05, 3.63) is 0 Å². The largest absolute Gasteiger partial charge is 0.379 e. The Morgan fingerprint density at radius 1 is 0.960 bits per heavy atom. The molecule has 1 aliphatic heterocycles. The Morgan fingerprint density at radius 2 is 1.64 bits per heavy atom. The van der Waals surface area contributed by atoms with Crippen LogP contribution < -0.4 is 0 Å². The van der Waals surface area contributed by atoms with Crippen molar-refractivity contribution >= 4 is 0 Å². The van der Waals surface area contributed by atoms with Gasteiger partial charge in [-0.3, -0.25) is 0 Å². The normalized spacial score (nSPS) is 18.5. The maximum Gasteiger partial charge on any atom is 0.165 e. The lowest BCUT2D eigenvalue weighted by Gasteiger charge is -2.29. The van der Waals surface area contributed by atoms with Crippen molar-refractivity contribution in [2.75, 3.05) is 33.0 Å². The Morgan fingerprint density at radius 3 is 2.24 bits per heavy atom. The van der Waals surface area contributed by atoms with E-state index < -0.39 is 5.79 Å². The third kappa shape index (κ3) is 12.0. The van der Waals surface area contributed by atoms with Gasteiger partial charge in [0.25, 0.3) is 0 Å². The zero-order chi connectivity index (χ0) is 18.4. The third-order valence-corrected chi connectivity index (χ3v) is 4.95. The number of rotatable bonds is 18. The summed E-state index contributed by atoms with van der Waals surface area (Å²) < 4.78 is 22.4. The van der Waals surface area contributed by atoms with Crippen molar-refractivity contribution in [3.8, 4) is 0 Å². The van der Waals surface area contributed by atoms with E-state index in [1.807, 2.05) is 13.8 Å². The Kier molecular flexibility index (Phi) is 12.8. The zero-order valence-electron chi connectivity index (χ0n) is 17.2. The molecule has 0 aromatic rings. The van der Waals surface area contributed by atoms with Crippen molar-refractivity contribution in [1.82, 2.24) is 0 Å². The van der Waals surface area contributed by atoms with Gasteiger partial charge in [-0.25, -0.2) is 0 Å². The summed E-state index contributed by atoms with van der Waals surface area (Å²) in [5, 5.41) is 0. The van der Waals surface area contributed by atoms with E-state index in [1.165, 1.54) is 51.4 Å². The molecule has 150 valence electrons. The number of hydrogen-bond acceptors (Lipinski definition) is 4. The fourth-order valence-corrected chi connectivity index (χ4v) is 3.55. The van der Waals surface area contributed by atoms with Crippen LogP contribution in [0.4, 0.5) is 0 Å². The maximum absolute atomic E-state index is 5.79. The molecule has 25 heavy (non-hydrogen) atoms. The van der Waals surface area contributed by atoms with Gasteiger partial charge in [0.1, 0.15) is 6.10 Å². The van der Waals surface area contributed by atoms with Gasteiger partial charge in [0, 0.05) is 26.2 Å². The predicted molar refractivity (Wildman–Crippen MR) is 103 cm³/mol. The highest BCUT2D eigenvalue weighted by atomic mass is 16.7. The van der Waals surface area contributed by atoms with Crippen LogP contribution in [-0.4, -0.2) is 44.9 Å². The predicted octanol–water partition coefficient (Wildman–Crippen LogP) is 5.34. The first-order valence-electron chi connectivity index (χ1n) is 10.6. The first-order chi connectivity index (χ1) is 12.1. The molecule has 0 spiro atoms. The van der Waals surface area contributed by atoms with Gasteiger partial charge in [0.05, 0.1) is 13.2 Å². The van der Waals surface area contributed by atoms with Gasteiger partial charge in [-0.1, -0.05) is 39.0 Å². The molecule has 4 heteroatoms. The molecule has 1 rings (SSSR count). The second-order valence-corrected chi connectivity index (χ2v) is 7.43. The summed E-state index contributed by atoms with van der Waals surface area (Å²) in [4.78, 5) is 0. The first-order valence-corrected chi connectivity index (χ1v) is 10.6. The molecule has 0 radical (unpaired) electrons. The van der Waals surface area contributed by atoms with Gasteiger partial charge in [-0.2, -0.15) is 0 Å². The van der Waals surface area contributed by atoms with Crippen molar-refractivity contribution in [1.29, 1.82) is 0 Å². The van der Waals surface area contributed by atoms with E-state index in [2.05, 4.69) is 13.8 Å². The maximum atomic E-state index is 5.79. The van der Waals surface area contributed by atoms with E-state index in [-0.39, 0.29) is 0 Å². The van der Waals surface area contributed by atoms with Crippen LogP contribution in [0.2, 0.25) is 0 Å². The van der Waals surface area contributed by atoms with Gasteiger partial charge >= 0.3 is 0 Å². The summed E-state index contributed by atoms with van der Waals surface area (Å²) in [7, 11) is 0. The molecule has 1 saturated heterocycles. The SMILES string of the molecule is CCCC(CCCCCC(C)(OCC)OCC)CCCOCC1CO1. The van der Waals surface area contributed by atoms with E-state index in [1.54, 1.807) is 0 Å². The van der Waals surface area contributed by atoms with Gasteiger partial charge in [-0.05, 0) is 46.0 Å². The number of ether oxygens (including phenoxy) is 4. The Bertz CT molecular complexity index is 298. The molecule has 0 amide bonds. The lowest BCUT2D eigenvalue weighted by molar-refractivity contribution is -0.225. The number of epoxide rings is 1. The van der Waals surface area contributed by atoms with Crippen molar-refractivity contribution in [2.24, 2.45) is 5.92 Å². The number of unbranched alkanes of at least 4 members (excludes halogenated alkanes) is 2. The van der Waals surface area contributed by atoms with Crippen molar-refractivity contribution in [3.63, 3.8) is 0 Å². The summed E-state index contributed by atoms with van der Waals surface area (Å²) in [5.74, 6) is 0.463. The van der Waals surface area contributed by atoms with Crippen LogP contribution in [0, 0.1) is 5.92 Å². The highest BCUT2D eigenvalue weighted by molar-refractivity contribution is 4.67. The fraction of sp³-hybridized carbons (Fsp3) is 1.00. The number of hydrogen-bond donors (Lipinski definition) is 0. The van der Waals surface area contributed by atoms with E-state index in [9.17, 15) is 0 Å². The Balaban J connectivity index is 2.07. The van der Waals surface area contributed by atoms with Crippen molar-refractivity contribution < 1.29 is 18.9 Å². The molecule has 1 fully saturated rings. The van der Waals surface area contributed by atoms with Gasteiger partial charge in [-0.15, -0.1) is 0 Å². The van der Waals surface area contributed by atoms with E-state index >= 15 is 0 Å². The molecule has 4 nitrogen and oxygen atoms in total. The molecule has 0 saturated carbocycles. The topological polar surface area (TPSA) is 40.2 Å². The highest BCUT2D eigenvalue weighted by Crippen LogP contribution is 2.24. The fourth-order valence-electron chi connectivity index (χ4n) is 3.55. The van der Waals surface area contributed by atoms with E-state index in [0.717, 1.165) is 32.2 Å². The standard InChI is InChI=1S/C21H42O4/c1-5-12-19(14-11-16-22-17-20-18-23-20)13-9-8-10-15-21(4,24-6-2)25-7-3/h19-20H,5-18H2,1-4H3. The van der Waals surface area contributed by atoms with Crippen molar-refractivity contribution in [2.45, 2.75) is 97.4 Å². The van der Waals surface area contributed by atoms with Crippen LogP contribution in [0.5, 0.6) is 0 Å². The average molecular weight is 359 g/mol. The van der Waals surface area contributed by atoms with E-state index in [4.69, 9.17) is 18.9 Å². The molecule has 0 aromatic carbocycles. The molecule has 1 aliphatic rings. The van der Waals surface area contributed by atoms with Crippen LogP contribution in [0.15, 0.2) is 0 Å². The smallest absolute Gasteiger partial charge is 0.165 e. The second kappa shape index (κ2) is 14.0. The molecule has 0 aromatic heterocycles. The zero-order valence-corrected chi connectivity index (χ0v) is 17.2. The van der Waals surface area contributed by atoms with Crippen LogP contribution in [0.3, 0.4) is 0 Å². The third-order valence-electron chi connectivity index (χ3n) is 4.95. The molecular weight excluding hydrogens is 316 g/mol. The molecule has 0 N–H and O–H groups in total. The Labute approximate surface area is 155 Å². The molecule has 2 atom stereocenters. The quantitative estimate of drug-likeness (QED) is 0.188. The monoisotopic (exact) mass is 358 g/mol. The minimum absolute atomic E-state index is 0.394. The van der Waals surface area contributed by atoms with Crippen LogP contribution >= 0.6 is 0 Å². The first kappa shape index (κ1) is 22.9. The lowest BCUT2D eigenvalue weighted by atomic mass is 9.92. The van der Waals surface area contributed by atoms with Crippen LogP contribution in [0.1, 0.15) is 85.5 Å². The minimum Gasteiger partial charge on any atom is -0.379 e. The second-order valence-electron chi connectivity index (χ2n) is 7.43. The summed E-state index contributed by atoms with van der Waals surface area (Å²) in [5.41, 5.74) is 0. The molecule has 0 bridgehead atoms. The van der Waals surface area contributed by atoms with Gasteiger partial charge in [0.2, 0.25) is 0 Å². The molecule has 1 heterocycles. The van der Waals surface area contributed by atoms with Crippen LogP contribution in [-0.2, 0) is 18.9 Å². The highest BCUT2D eigenvalue weighted by Gasteiger charge is 2.24. The molecular formula is C21H42O4. The Hall–Kier alpha value is -0.160. The van der Waals surface area contributed by atoms with Crippen LogP contribution in [0.25, 0.3) is 0 Å².